The van der Waals surface area contributed by atoms with Gasteiger partial charge >= 0.3 is 0 Å². The summed E-state index contributed by atoms with van der Waals surface area (Å²) in [4.78, 5) is 5.24. The van der Waals surface area contributed by atoms with Gasteiger partial charge in [0.2, 0.25) is 0 Å². The van der Waals surface area contributed by atoms with E-state index in [0.29, 0.717) is 10.7 Å². The molecule has 21 heavy (non-hydrogen) atoms. The summed E-state index contributed by atoms with van der Waals surface area (Å²) in [6.07, 6.45) is 2.16. The molecule has 0 N–H and O–H groups in total. The van der Waals surface area contributed by atoms with Gasteiger partial charge in [-0.25, -0.2) is 0 Å². The molecule has 0 saturated heterocycles. The number of hydrogen-bond acceptors (Lipinski definition) is 1. The van der Waals surface area contributed by atoms with Crippen molar-refractivity contribution in [3.05, 3.63) is 77.5 Å². The van der Waals surface area contributed by atoms with Crippen LogP contribution in [0.1, 0.15) is 22.7 Å². The lowest BCUT2D eigenvalue weighted by molar-refractivity contribution is 0.577. The molecule has 1 nitrogen and oxygen atoms in total. The van der Waals surface area contributed by atoms with Gasteiger partial charge in [0.15, 0.2) is 0 Å². The highest BCUT2D eigenvalue weighted by Gasteiger charge is 2.31. The number of halogens is 1. The highest BCUT2D eigenvalue weighted by atomic mass is 79.9. The predicted molar refractivity (Wildman–Crippen MR) is 91.0 cm³/mol. The molecule has 0 radical (unpaired) electrons. The molecule has 0 aliphatic heterocycles. The maximum Gasteiger partial charge on any atom is 0.0705 e. The van der Waals surface area contributed by atoms with Crippen LogP contribution in [0.3, 0.4) is 0 Å². The Hall–Kier alpha value is -1.67. The summed E-state index contributed by atoms with van der Waals surface area (Å²) in [7, 11) is 0. The Morgan fingerprint density at radius 2 is 1.81 bits per heavy atom. The number of fused-ring (bicyclic) bond motifs is 2. The quantitative estimate of drug-likeness (QED) is 0.620. The van der Waals surface area contributed by atoms with Gasteiger partial charge in [-0.05, 0) is 29.7 Å². The Bertz CT molecular complexity index is 796. The molecule has 0 amide bonds. The summed E-state index contributed by atoms with van der Waals surface area (Å²) >= 11 is 3.89. The van der Waals surface area contributed by atoms with E-state index < -0.39 is 0 Å². The Morgan fingerprint density at radius 3 is 2.71 bits per heavy atom. The maximum atomic E-state index is 4.78. The fourth-order valence-electron chi connectivity index (χ4n) is 3.18. The molecule has 2 heteroatoms. The first-order valence-electron chi connectivity index (χ1n) is 7.38. The second kappa shape index (κ2) is 5.27. The Kier molecular flexibility index (Phi) is 3.27. The van der Waals surface area contributed by atoms with E-state index in [1.54, 1.807) is 0 Å². The molecule has 0 spiro atoms. The second-order valence-electron chi connectivity index (χ2n) is 5.72. The minimum Gasteiger partial charge on any atom is -0.253 e. The standard InChI is InChI=1S/C19H16BrN/c20-18(17-11-14-6-1-3-7-16(14)17)12-15-10-9-13-5-2-4-8-19(13)21-15/h1-10,17-18H,11-12H2. The second-order valence-corrected chi connectivity index (χ2v) is 6.90. The van der Waals surface area contributed by atoms with E-state index >= 15 is 0 Å². The van der Waals surface area contributed by atoms with Gasteiger partial charge in [-0.15, -0.1) is 0 Å². The first-order valence-corrected chi connectivity index (χ1v) is 8.29. The number of aromatic nitrogens is 1. The van der Waals surface area contributed by atoms with E-state index in [9.17, 15) is 0 Å². The molecule has 2 atom stereocenters. The van der Waals surface area contributed by atoms with Gasteiger partial charge in [0.1, 0.15) is 0 Å². The molecule has 0 saturated carbocycles. The zero-order chi connectivity index (χ0) is 14.2. The summed E-state index contributed by atoms with van der Waals surface area (Å²) in [6, 6.07) is 21.4. The molecule has 4 rings (SSSR count). The summed E-state index contributed by atoms with van der Waals surface area (Å²) in [5.41, 5.74) is 5.25. The summed E-state index contributed by atoms with van der Waals surface area (Å²) < 4.78 is 0. The molecule has 2 aromatic carbocycles. The largest absolute Gasteiger partial charge is 0.253 e. The Balaban J connectivity index is 1.55. The summed E-state index contributed by atoms with van der Waals surface area (Å²) in [5, 5.41) is 1.21. The van der Waals surface area contributed by atoms with Gasteiger partial charge in [0, 0.05) is 28.2 Å². The first kappa shape index (κ1) is 13.0. The number of pyridine rings is 1. The van der Waals surface area contributed by atoms with Crippen molar-refractivity contribution in [1.29, 1.82) is 0 Å². The van der Waals surface area contributed by atoms with E-state index in [4.69, 9.17) is 4.98 Å². The number of nitrogens with zero attached hydrogens (tertiary/aromatic N) is 1. The van der Waals surface area contributed by atoms with E-state index in [0.717, 1.165) is 11.9 Å². The molecule has 0 bridgehead atoms. The van der Waals surface area contributed by atoms with Gasteiger partial charge in [-0.2, -0.15) is 0 Å². The monoisotopic (exact) mass is 337 g/mol. The third-order valence-corrected chi connectivity index (χ3v) is 5.35. The minimum absolute atomic E-state index is 0.459. The third kappa shape index (κ3) is 2.38. The molecular formula is C19H16BrN. The molecule has 1 heterocycles. The zero-order valence-corrected chi connectivity index (χ0v) is 13.3. The van der Waals surface area contributed by atoms with Crippen LogP contribution >= 0.6 is 15.9 Å². The van der Waals surface area contributed by atoms with Crippen LogP contribution in [0.15, 0.2) is 60.7 Å². The number of para-hydroxylation sites is 1. The van der Waals surface area contributed by atoms with Crippen LogP contribution in [0, 0.1) is 0 Å². The van der Waals surface area contributed by atoms with Crippen molar-refractivity contribution >= 4 is 26.8 Å². The van der Waals surface area contributed by atoms with Gasteiger partial charge in [-0.3, -0.25) is 4.98 Å². The fraction of sp³-hybridized carbons (Fsp3) is 0.211. The van der Waals surface area contributed by atoms with Gasteiger partial charge < -0.3 is 0 Å². The van der Waals surface area contributed by atoms with Gasteiger partial charge in [-0.1, -0.05) is 64.5 Å². The lowest BCUT2D eigenvalue weighted by Crippen LogP contribution is -2.26. The van der Waals surface area contributed by atoms with Crippen molar-refractivity contribution in [2.75, 3.05) is 0 Å². The van der Waals surface area contributed by atoms with Crippen molar-refractivity contribution < 1.29 is 0 Å². The lowest BCUT2D eigenvalue weighted by Gasteiger charge is -2.33. The van der Waals surface area contributed by atoms with Gasteiger partial charge in [0.05, 0.1) is 5.52 Å². The molecule has 3 aromatic rings. The SMILES string of the molecule is BrC(Cc1ccc2ccccc2n1)C1Cc2ccccc21. The zero-order valence-electron chi connectivity index (χ0n) is 11.7. The van der Waals surface area contributed by atoms with Crippen molar-refractivity contribution in [3.8, 4) is 0 Å². The number of benzene rings is 2. The molecule has 2 unspecified atom stereocenters. The smallest absolute Gasteiger partial charge is 0.0705 e. The number of alkyl halides is 1. The lowest BCUT2D eigenvalue weighted by atomic mass is 9.75. The van der Waals surface area contributed by atoms with Crippen LogP contribution in [0.5, 0.6) is 0 Å². The molecule has 1 aromatic heterocycles. The predicted octanol–water partition coefficient (Wildman–Crippen LogP) is 4.88. The van der Waals surface area contributed by atoms with Crippen LogP contribution < -0.4 is 0 Å². The van der Waals surface area contributed by atoms with Crippen molar-refractivity contribution in [2.24, 2.45) is 0 Å². The highest BCUT2D eigenvalue weighted by molar-refractivity contribution is 9.09. The van der Waals surface area contributed by atoms with Crippen LogP contribution in [0.2, 0.25) is 0 Å². The van der Waals surface area contributed by atoms with Crippen LogP contribution in [0.4, 0.5) is 0 Å². The fourth-order valence-corrected chi connectivity index (χ4v) is 3.99. The Labute approximate surface area is 133 Å². The third-order valence-electron chi connectivity index (χ3n) is 4.39. The average Bonchev–Trinajstić information content (AvgIpc) is 2.48. The van der Waals surface area contributed by atoms with E-state index in [2.05, 4.69) is 70.5 Å². The molecule has 104 valence electrons. The van der Waals surface area contributed by atoms with Crippen molar-refractivity contribution in [1.82, 2.24) is 4.98 Å². The highest BCUT2D eigenvalue weighted by Crippen LogP contribution is 2.41. The molecular weight excluding hydrogens is 322 g/mol. The van der Waals surface area contributed by atoms with E-state index in [1.807, 2.05) is 6.07 Å². The molecule has 1 aliphatic carbocycles. The summed E-state index contributed by atoms with van der Waals surface area (Å²) in [6.45, 7) is 0. The normalized spacial score (nSPS) is 18.0. The molecule has 0 fully saturated rings. The average molecular weight is 338 g/mol. The summed E-state index contributed by atoms with van der Waals surface area (Å²) in [5.74, 6) is 0.620. The van der Waals surface area contributed by atoms with Crippen LogP contribution in [-0.2, 0) is 12.8 Å². The van der Waals surface area contributed by atoms with Crippen molar-refractivity contribution in [2.45, 2.75) is 23.6 Å². The molecule has 1 aliphatic rings. The van der Waals surface area contributed by atoms with E-state index in [-0.39, 0.29) is 0 Å². The number of rotatable bonds is 3. The number of hydrogen-bond donors (Lipinski definition) is 0. The van der Waals surface area contributed by atoms with Gasteiger partial charge in [0.25, 0.3) is 0 Å². The van der Waals surface area contributed by atoms with Crippen LogP contribution in [-0.4, -0.2) is 9.81 Å². The maximum absolute atomic E-state index is 4.78. The van der Waals surface area contributed by atoms with E-state index in [1.165, 1.54) is 28.6 Å². The van der Waals surface area contributed by atoms with Crippen LogP contribution in [0.25, 0.3) is 10.9 Å². The first-order chi connectivity index (χ1) is 10.3. The van der Waals surface area contributed by atoms with Crippen molar-refractivity contribution in [3.63, 3.8) is 0 Å². The Morgan fingerprint density at radius 1 is 1.00 bits per heavy atom. The minimum atomic E-state index is 0.459. The topological polar surface area (TPSA) is 12.9 Å².